The Morgan fingerprint density at radius 3 is 2.45 bits per heavy atom. The third-order valence-electron chi connectivity index (χ3n) is 2.71. The molecule has 0 saturated carbocycles. The molecule has 0 aliphatic heterocycles. The summed E-state index contributed by atoms with van der Waals surface area (Å²) < 4.78 is 22.2. The van der Waals surface area contributed by atoms with Gasteiger partial charge in [0.15, 0.2) is 0 Å². The Morgan fingerprint density at radius 2 is 1.90 bits per heavy atom. The number of carbonyl (C=O) groups is 2. The van der Waals surface area contributed by atoms with Gasteiger partial charge in [0.05, 0.1) is 32.3 Å². The van der Waals surface area contributed by atoms with E-state index < -0.39 is 36.4 Å². The van der Waals surface area contributed by atoms with Crippen molar-refractivity contribution >= 4 is 11.9 Å². The zero-order valence-electron chi connectivity index (χ0n) is 11.0. The molecule has 1 aromatic rings. The molecule has 0 fully saturated rings. The molecule has 0 radical (unpaired) electrons. The minimum atomic E-state index is -1.46. The van der Waals surface area contributed by atoms with E-state index in [1.165, 1.54) is 6.07 Å². The Labute approximate surface area is 114 Å². The Morgan fingerprint density at radius 1 is 1.25 bits per heavy atom. The van der Waals surface area contributed by atoms with Crippen molar-refractivity contribution in [3.8, 4) is 0 Å². The van der Waals surface area contributed by atoms with Gasteiger partial charge in [-0.2, -0.15) is 0 Å². The fourth-order valence-electron chi connectivity index (χ4n) is 1.58. The van der Waals surface area contributed by atoms with E-state index in [9.17, 15) is 24.2 Å². The first-order chi connectivity index (χ1) is 9.40. The molecule has 2 unspecified atom stereocenters. The molecule has 0 aliphatic rings. The van der Waals surface area contributed by atoms with E-state index >= 15 is 0 Å². The molecule has 0 saturated heterocycles. The van der Waals surface area contributed by atoms with E-state index in [0.717, 1.165) is 26.4 Å². The number of ether oxygens (including phenoxy) is 2. The highest BCUT2D eigenvalue weighted by Gasteiger charge is 2.24. The lowest BCUT2D eigenvalue weighted by Crippen LogP contribution is -2.23. The summed E-state index contributed by atoms with van der Waals surface area (Å²) in [4.78, 5) is 22.3. The SMILES string of the molecule is COC(=O)CC(O)C(O)c1ccc(F)c(C(=O)OC)c1. The average molecular weight is 286 g/mol. The number of hydrogen-bond donors (Lipinski definition) is 2. The van der Waals surface area contributed by atoms with Gasteiger partial charge in [0.1, 0.15) is 11.9 Å². The van der Waals surface area contributed by atoms with Gasteiger partial charge in [-0.3, -0.25) is 4.79 Å². The number of esters is 2. The molecule has 0 aromatic heterocycles. The van der Waals surface area contributed by atoms with Crippen LogP contribution < -0.4 is 0 Å². The van der Waals surface area contributed by atoms with Crippen LogP contribution in [0.1, 0.15) is 28.4 Å². The molecule has 0 heterocycles. The second kappa shape index (κ2) is 6.97. The molecule has 0 aliphatic carbocycles. The molecular formula is C13H15FO6. The number of methoxy groups -OCH3 is 2. The smallest absolute Gasteiger partial charge is 0.340 e. The molecule has 0 spiro atoms. The predicted octanol–water partition coefficient (Wildman–Crippen LogP) is 0.570. The van der Waals surface area contributed by atoms with Gasteiger partial charge in [0.25, 0.3) is 0 Å². The highest BCUT2D eigenvalue weighted by atomic mass is 19.1. The van der Waals surface area contributed by atoms with Crippen LogP contribution in [0.3, 0.4) is 0 Å². The highest BCUT2D eigenvalue weighted by Crippen LogP contribution is 2.22. The van der Waals surface area contributed by atoms with Crippen LogP contribution in [-0.4, -0.2) is 42.5 Å². The van der Waals surface area contributed by atoms with Crippen LogP contribution in [0.25, 0.3) is 0 Å². The Balaban J connectivity index is 2.96. The predicted molar refractivity (Wildman–Crippen MR) is 65.3 cm³/mol. The Hall–Kier alpha value is -1.99. The van der Waals surface area contributed by atoms with E-state index in [1.54, 1.807) is 0 Å². The number of hydrogen-bond acceptors (Lipinski definition) is 6. The second-order valence-electron chi connectivity index (χ2n) is 4.02. The third-order valence-corrected chi connectivity index (χ3v) is 2.71. The van der Waals surface area contributed by atoms with Crippen molar-refractivity contribution < 1.29 is 33.7 Å². The van der Waals surface area contributed by atoms with Gasteiger partial charge in [-0.25, -0.2) is 9.18 Å². The maximum atomic E-state index is 13.4. The lowest BCUT2D eigenvalue weighted by Gasteiger charge is -2.17. The van der Waals surface area contributed by atoms with E-state index in [2.05, 4.69) is 9.47 Å². The topological polar surface area (TPSA) is 93.1 Å². The highest BCUT2D eigenvalue weighted by molar-refractivity contribution is 5.89. The molecule has 0 bridgehead atoms. The van der Waals surface area contributed by atoms with Crippen LogP contribution in [0.4, 0.5) is 4.39 Å². The lowest BCUT2D eigenvalue weighted by molar-refractivity contribution is -0.144. The number of aliphatic hydroxyl groups is 2. The summed E-state index contributed by atoms with van der Waals surface area (Å²) in [5, 5.41) is 19.5. The summed E-state index contributed by atoms with van der Waals surface area (Å²) in [6.07, 6.45) is -3.32. The first kappa shape index (κ1) is 16.1. The second-order valence-corrected chi connectivity index (χ2v) is 4.02. The molecule has 7 heteroatoms. The summed E-state index contributed by atoms with van der Waals surface area (Å²) in [7, 11) is 2.24. The fourth-order valence-corrected chi connectivity index (χ4v) is 1.58. The molecule has 0 amide bonds. The zero-order valence-corrected chi connectivity index (χ0v) is 11.0. The minimum absolute atomic E-state index is 0.0863. The van der Waals surface area contributed by atoms with Gasteiger partial charge in [-0.05, 0) is 17.7 Å². The molecule has 6 nitrogen and oxygen atoms in total. The van der Waals surface area contributed by atoms with Crippen LogP contribution in [0, 0.1) is 5.82 Å². The maximum Gasteiger partial charge on any atom is 0.340 e. The van der Waals surface area contributed by atoms with Crippen LogP contribution in [-0.2, 0) is 14.3 Å². The third kappa shape index (κ3) is 3.75. The monoisotopic (exact) mass is 286 g/mol. The first-order valence-electron chi connectivity index (χ1n) is 5.71. The first-order valence-corrected chi connectivity index (χ1v) is 5.71. The van der Waals surface area contributed by atoms with E-state index in [4.69, 9.17) is 0 Å². The average Bonchev–Trinajstić information content (AvgIpc) is 2.45. The van der Waals surface area contributed by atoms with Crippen molar-refractivity contribution in [1.82, 2.24) is 0 Å². The molecule has 1 rings (SSSR count). The van der Waals surface area contributed by atoms with Crippen molar-refractivity contribution in [1.29, 1.82) is 0 Å². The van der Waals surface area contributed by atoms with Gasteiger partial charge in [-0.15, -0.1) is 0 Å². The summed E-state index contributed by atoms with van der Waals surface area (Å²) in [5.74, 6) is -2.42. The van der Waals surface area contributed by atoms with Crippen LogP contribution in [0.2, 0.25) is 0 Å². The molecule has 2 atom stereocenters. The van der Waals surface area contributed by atoms with E-state index in [0.29, 0.717) is 0 Å². The van der Waals surface area contributed by atoms with Crippen molar-refractivity contribution in [3.63, 3.8) is 0 Å². The molecule has 20 heavy (non-hydrogen) atoms. The van der Waals surface area contributed by atoms with Crippen LogP contribution in [0.5, 0.6) is 0 Å². The van der Waals surface area contributed by atoms with Crippen LogP contribution >= 0.6 is 0 Å². The van der Waals surface area contributed by atoms with Crippen molar-refractivity contribution in [2.24, 2.45) is 0 Å². The number of carbonyl (C=O) groups excluding carboxylic acids is 2. The quantitative estimate of drug-likeness (QED) is 0.769. The number of halogens is 1. The van der Waals surface area contributed by atoms with E-state index in [1.807, 2.05) is 0 Å². The maximum absolute atomic E-state index is 13.4. The van der Waals surface area contributed by atoms with E-state index in [-0.39, 0.29) is 11.1 Å². The van der Waals surface area contributed by atoms with Gasteiger partial charge in [0.2, 0.25) is 0 Å². The molecule has 2 N–H and O–H groups in total. The van der Waals surface area contributed by atoms with Crippen molar-refractivity contribution in [2.75, 3.05) is 14.2 Å². The summed E-state index contributed by atoms with van der Waals surface area (Å²) in [6, 6.07) is 3.23. The summed E-state index contributed by atoms with van der Waals surface area (Å²) in [6.45, 7) is 0. The van der Waals surface area contributed by atoms with Gasteiger partial charge in [-0.1, -0.05) is 6.07 Å². The van der Waals surface area contributed by atoms with Crippen LogP contribution in [0.15, 0.2) is 18.2 Å². The minimum Gasteiger partial charge on any atom is -0.469 e. The van der Waals surface area contributed by atoms with Gasteiger partial charge < -0.3 is 19.7 Å². The zero-order chi connectivity index (χ0) is 15.3. The number of rotatable bonds is 5. The summed E-state index contributed by atoms with van der Waals surface area (Å²) in [5.41, 5.74) is -0.280. The molecule has 110 valence electrons. The Kier molecular flexibility index (Phi) is 5.60. The molecular weight excluding hydrogens is 271 g/mol. The normalized spacial score (nSPS) is 13.4. The lowest BCUT2D eigenvalue weighted by atomic mass is 10.00. The largest absolute Gasteiger partial charge is 0.469 e. The number of benzene rings is 1. The Bertz CT molecular complexity index is 502. The molecule has 1 aromatic carbocycles. The van der Waals surface area contributed by atoms with Gasteiger partial charge in [0, 0.05) is 0 Å². The fraction of sp³-hybridized carbons (Fsp3) is 0.385. The number of aliphatic hydroxyl groups excluding tert-OH is 2. The standard InChI is InChI=1S/C13H15FO6/c1-19-11(16)6-10(15)12(17)7-3-4-9(14)8(5-7)13(18)20-2/h3-5,10,12,15,17H,6H2,1-2H3. The van der Waals surface area contributed by atoms with Crippen molar-refractivity contribution in [3.05, 3.63) is 35.1 Å². The van der Waals surface area contributed by atoms with Gasteiger partial charge >= 0.3 is 11.9 Å². The van der Waals surface area contributed by atoms with Crippen molar-refractivity contribution in [2.45, 2.75) is 18.6 Å². The summed E-state index contributed by atoms with van der Waals surface area (Å²) >= 11 is 0.